The molecule has 0 saturated carbocycles. The molecular weight excluding hydrogens is 430 g/mol. The molecule has 0 bridgehead atoms. The van der Waals surface area contributed by atoms with Crippen molar-refractivity contribution in [2.75, 3.05) is 14.2 Å². The number of thiophene rings is 1. The van der Waals surface area contributed by atoms with Gasteiger partial charge in [-0.3, -0.25) is 4.40 Å². The largest absolute Gasteiger partial charge is 0.497 e. The Morgan fingerprint density at radius 3 is 2.15 bits per heavy atom. The van der Waals surface area contributed by atoms with Crippen molar-refractivity contribution in [2.24, 2.45) is 0 Å². The van der Waals surface area contributed by atoms with E-state index in [1.807, 2.05) is 12.1 Å². The molecule has 33 heavy (non-hydrogen) atoms. The van der Waals surface area contributed by atoms with Crippen LogP contribution in [0.5, 0.6) is 11.5 Å². The lowest BCUT2D eigenvalue weighted by atomic mass is 9.85. The topological polar surface area (TPSA) is 36.0 Å². The van der Waals surface area contributed by atoms with Crippen LogP contribution < -0.4 is 9.47 Å². The van der Waals surface area contributed by atoms with Crippen molar-refractivity contribution in [2.45, 2.75) is 26.2 Å². The van der Waals surface area contributed by atoms with Crippen molar-refractivity contribution in [1.29, 1.82) is 0 Å². The molecule has 0 fully saturated rings. The maximum atomic E-state index is 6.52. The first-order valence-corrected chi connectivity index (χ1v) is 11.9. The fourth-order valence-corrected chi connectivity index (χ4v) is 6.45. The number of benzene rings is 3. The average molecular weight is 454 g/mol. The third-order valence-corrected chi connectivity index (χ3v) is 8.04. The Morgan fingerprint density at radius 1 is 0.788 bits per heavy atom. The van der Waals surface area contributed by atoms with Crippen molar-refractivity contribution >= 4 is 70.0 Å². The summed E-state index contributed by atoms with van der Waals surface area (Å²) in [5, 5.41) is 7.40. The smallest absolute Gasteiger partial charge is 0.214 e. The van der Waals surface area contributed by atoms with E-state index in [-0.39, 0.29) is 5.41 Å². The van der Waals surface area contributed by atoms with Gasteiger partial charge in [0.05, 0.1) is 25.1 Å². The molecule has 0 N–H and O–H groups in total. The lowest BCUT2D eigenvalue weighted by Crippen LogP contribution is -2.10. The summed E-state index contributed by atoms with van der Waals surface area (Å²) in [4.78, 5) is 1.21. The Bertz CT molecular complexity index is 1750. The van der Waals surface area contributed by atoms with Crippen molar-refractivity contribution in [3.05, 3.63) is 54.1 Å². The molecule has 7 rings (SSSR count). The van der Waals surface area contributed by atoms with E-state index < -0.39 is 0 Å². The van der Waals surface area contributed by atoms with Gasteiger partial charge in [-0.1, -0.05) is 20.8 Å². The average Bonchev–Trinajstić information content (AvgIpc) is 3.51. The van der Waals surface area contributed by atoms with Gasteiger partial charge in [0.25, 0.3) is 0 Å². The molecule has 4 heterocycles. The molecule has 0 amide bonds. The van der Waals surface area contributed by atoms with E-state index in [0.29, 0.717) is 0 Å². The second kappa shape index (κ2) is 6.12. The third-order valence-electron chi connectivity index (χ3n) is 6.90. The standard InChI is InChI=1S/C28H23NO3S/c1-28(2,3)14-10-19-23-17-8-6-15(30-4)12-21(17)32-26(23)29-25(19)20(11-14)24-18-9-7-16(31-5)13-22(18)33-27(24)29/h6-13H,1-5H3. The maximum Gasteiger partial charge on any atom is 0.214 e. The van der Waals surface area contributed by atoms with Gasteiger partial charge in [0.2, 0.25) is 5.71 Å². The first kappa shape index (κ1) is 19.1. The Balaban J connectivity index is 1.76. The van der Waals surface area contributed by atoms with Gasteiger partial charge in [0.1, 0.15) is 21.9 Å². The molecule has 0 atom stereocenters. The molecule has 0 unspecified atom stereocenters. The minimum absolute atomic E-state index is 0.0275. The summed E-state index contributed by atoms with van der Waals surface area (Å²) in [6.07, 6.45) is 0. The summed E-state index contributed by atoms with van der Waals surface area (Å²) < 4.78 is 21.0. The second-order valence-corrected chi connectivity index (χ2v) is 10.8. The molecule has 3 aromatic carbocycles. The Labute approximate surface area is 194 Å². The zero-order valence-electron chi connectivity index (χ0n) is 19.2. The molecule has 0 aliphatic carbocycles. The summed E-state index contributed by atoms with van der Waals surface area (Å²) in [7, 11) is 3.41. The monoisotopic (exact) mass is 453 g/mol. The predicted molar refractivity (Wildman–Crippen MR) is 138 cm³/mol. The maximum absolute atomic E-state index is 6.52. The number of aromatic nitrogens is 1. The van der Waals surface area contributed by atoms with E-state index in [1.165, 1.54) is 47.5 Å². The Morgan fingerprint density at radius 2 is 1.45 bits per heavy atom. The number of ether oxygens (including phenoxy) is 2. The highest BCUT2D eigenvalue weighted by Gasteiger charge is 2.27. The van der Waals surface area contributed by atoms with Crippen LogP contribution in [0.4, 0.5) is 0 Å². The molecule has 5 heteroatoms. The van der Waals surface area contributed by atoms with Crippen LogP contribution in [0.2, 0.25) is 0 Å². The minimum Gasteiger partial charge on any atom is -0.497 e. The van der Waals surface area contributed by atoms with Crippen LogP contribution in [-0.2, 0) is 5.41 Å². The number of furan rings is 1. The minimum atomic E-state index is 0.0275. The zero-order chi connectivity index (χ0) is 22.6. The predicted octanol–water partition coefficient (Wildman–Crippen LogP) is 8.11. The molecule has 0 aliphatic rings. The number of fused-ring (bicyclic) bond motifs is 10. The van der Waals surface area contributed by atoms with Crippen LogP contribution in [0.15, 0.2) is 52.9 Å². The summed E-state index contributed by atoms with van der Waals surface area (Å²) in [5.74, 6) is 1.68. The van der Waals surface area contributed by atoms with Crippen molar-refractivity contribution in [3.8, 4) is 11.5 Å². The number of methoxy groups -OCH3 is 2. The molecule has 164 valence electrons. The number of hydrogen-bond acceptors (Lipinski definition) is 4. The summed E-state index contributed by atoms with van der Waals surface area (Å²) >= 11 is 1.79. The summed E-state index contributed by atoms with van der Waals surface area (Å²) in [6, 6.07) is 17.2. The summed E-state index contributed by atoms with van der Waals surface area (Å²) in [5.41, 5.74) is 4.35. The van der Waals surface area contributed by atoms with Crippen LogP contribution in [0.25, 0.3) is 58.7 Å². The second-order valence-electron chi connectivity index (χ2n) is 9.79. The number of hydrogen-bond donors (Lipinski definition) is 0. The first-order chi connectivity index (χ1) is 15.9. The zero-order valence-corrected chi connectivity index (χ0v) is 20.0. The van der Waals surface area contributed by atoms with E-state index in [4.69, 9.17) is 13.9 Å². The van der Waals surface area contributed by atoms with Gasteiger partial charge in [-0.05, 0) is 53.4 Å². The van der Waals surface area contributed by atoms with Crippen LogP contribution in [-0.4, -0.2) is 18.6 Å². The van der Waals surface area contributed by atoms with Gasteiger partial charge in [-0.2, -0.15) is 0 Å². The molecular formula is C28H23NO3S. The molecule has 0 aliphatic heterocycles. The van der Waals surface area contributed by atoms with Crippen LogP contribution in [0.3, 0.4) is 0 Å². The van der Waals surface area contributed by atoms with Crippen molar-refractivity contribution in [3.63, 3.8) is 0 Å². The van der Waals surface area contributed by atoms with E-state index in [1.54, 1.807) is 25.6 Å². The van der Waals surface area contributed by atoms with Gasteiger partial charge in [-0.15, -0.1) is 11.3 Å². The summed E-state index contributed by atoms with van der Waals surface area (Å²) in [6.45, 7) is 6.83. The fraction of sp³-hybridized carbons (Fsp3) is 0.214. The first-order valence-electron chi connectivity index (χ1n) is 11.1. The van der Waals surface area contributed by atoms with Crippen LogP contribution in [0, 0.1) is 0 Å². The van der Waals surface area contributed by atoms with Gasteiger partial charge in [0, 0.05) is 37.7 Å². The van der Waals surface area contributed by atoms with E-state index >= 15 is 0 Å². The molecule has 0 spiro atoms. The van der Waals surface area contributed by atoms with E-state index in [2.05, 4.69) is 61.6 Å². The highest BCUT2D eigenvalue weighted by molar-refractivity contribution is 7.25. The van der Waals surface area contributed by atoms with Gasteiger partial charge in [-0.25, -0.2) is 0 Å². The number of rotatable bonds is 2. The quantitative estimate of drug-likeness (QED) is 0.265. The van der Waals surface area contributed by atoms with E-state index in [0.717, 1.165) is 28.2 Å². The van der Waals surface area contributed by atoms with Gasteiger partial charge < -0.3 is 13.9 Å². The fourth-order valence-electron chi connectivity index (χ4n) is 5.20. The normalized spacial score (nSPS) is 13.0. The van der Waals surface area contributed by atoms with E-state index in [9.17, 15) is 0 Å². The highest BCUT2D eigenvalue weighted by Crippen LogP contribution is 2.49. The SMILES string of the molecule is COc1ccc2c(c1)oc1c2c2cc(C(C)(C)C)cc3c4c5ccc(OC)cc5sc4n1c23. The van der Waals surface area contributed by atoms with Crippen LogP contribution in [0.1, 0.15) is 26.3 Å². The molecule has 7 aromatic rings. The van der Waals surface area contributed by atoms with Gasteiger partial charge in [0.15, 0.2) is 0 Å². The van der Waals surface area contributed by atoms with Crippen molar-refractivity contribution in [1.82, 2.24) is 4.40 Å². The van der Waals surface area contributed by atoms with Crippen LogP contribution >= 0.6 is 11.3 Å². The molecule has 4 aromatic heterocycles. The lowest BCUT2D eigenvalue weighted by Gasteiger charge is -2.19. The highest BCUT2D eigenvalue weighted by atomic mass is 32.1. The lowest BCUT2D eigenvalue weighted by molar-refractivity contribution is 0.414. The van der Waals surface area contributed by atoms with Crippen molar-refractivity contribution < 1.29 is 13.9 Å². The molecule has 0 saturated heterocycles. The molecule has 0 radical (unpaired) electrons. The Kier molecular flexibility index (Phi) is 3.53. The third kappa shape index (κ3) is 2.35. The molecule has 4 nitrogen and oxygen atoms in total. The Hall–Kier alpha value is -3.44. The number of nitrogens with zero attached hydrogens (tertiary/aromatic N) is 1. The van der Waals surface area contributed by atoms with Gasteiger partial charge >= 0.3 is 0 Å².